The van der Waals surface area contributed by atoms with E-state index in [1.807, 2.05) is 19.1 Å². The number of epoxide rings is 1. The van der Waals surface area contributed by atoms with Crippen LogP contribution in [0.3, 0.4) is 0 Å². The van der Waals surface area contributed by atoms with Gasteiger partial charge < -0.3 is 4.74 Å². The molecule has 1 heteroatoms. The van der Waals surface area contributed by atoms with Crippen LogP contribution < -0.4 is 0 Å². The predicted molar refractivity (Wildman–Crippen MR) is 31.6 cm³/mol. The fraction of sp³-hybridized carbons (Fsp3) is 0.429. The molecule has 0 aromatic heterocycles. The van der Waals surface area contributed by atoms with Gasteiger partial charge in [0, 0.05) is 0 Å². The molecule has 0 aromatic carbocycles. The molecule has 0 aromatic rings. The summed E-state index contributed by atoms with van der Waals surface area (Å²) < 4.78 is 12.5. The first-order valence-electron chi connectivity index (χ1n) is 3.26. The van der Waals surface area contributed by atoms with Crippen molar-refractivity contribution in [1.82, 2.24) is 0 Å². The van der Waals surface area contributed by atoms with Crippen molar-refractivity contribution in [2.75, 3.05) is 0 Å². The van der Waals surface area contributed by atoms with E-state index in [1.54, 1.807) is 6.08 Å². The maximum Gasteiger partial charge on any atom is 0.107 e. The molecule has 0 amide bonds. The summed E-state index contributed by atoms with van der Waals surface area (Å²) in [6.45, 7) is 2.01. The molecule has 1 saturated heterocycles. The average Bonchev–Trinajstić information content (AvgIpc) is 2.41. The summed E-state index contributed by atoms with van der Waals surface area (Å²) in [6, 6.07) is 0. The standard InChI is InChI=1S/C7H8O/c1-5-2-3-6-7(4-5)8-6/h2-4,6-7H,1H3/i6D. The number of hydrogen-bond donors (Lipinski definition) is 0. The SMILES string of the molecule is [2H]C12C=CC(C)=CC1O2. The lowest BCUT2D eigenvalue weighted by molar-refractivity contribution is 0.414. The van der Waals surface area contributed by atoms with Crippen molar-refractivity contribution in [1.29, 1.82) is 0 Å². The highest BCUT2D eigenvalue weighted by Crippen LogP contribution is 2.29. The molecule has 2 aliphatic rings. The molecule has 1 aliphatic heterocycles. The lowest BCUT2D eigenvalue weighted by Gasteiger charge is -1.92. The fourth-order valence-corrected chi connectivity index (χ4v) is 0.871. The lowest BCUT2D eigenvalue weighted by atomic mass is 10.1. The first kappa shape index (κ1) is 3.46. The zero-order valence-corrected chi connectivity index (χ0v) is 4.72. The van der Waals surface area contributed by atoms with Crippen molar-refractivity contribution >= 4 is 0 Å². The van der Waals surface area contributed by atoms with Crippen molar-refractivity contribution in [2.45, 2.75) is 19.1 Å². The predicted octanol–water partition coefficient (Wildman–Crippen LogP) is 1.27. The van der Waals surface area contributed by atoms with Gasteiger partial charge in [-0.05, 0) is 6.92 Å². The molecule has 1 aliphatic carbocycles. The molecular formula is C7H8O. The highest BCUT2D eigenvalue weighted by atomic mass is 16.6. The highest BCUT2D eigenvalue weighted by molar-refractivity contribution is 5.29. The second-order valence-corrected chi connectivity index (χ2v) is 2.18. The molecule has 8 heavy (non-hydrogen) atoms. The van der Waals surface area contributed by atoms with Gasteiger partial charge in [-0.15, -0.1) is 0 Å². The minimum atomic E-state index is -0.681. The second-order valence-electron chi connectivity index (χ2n) is 2.18. The van der Waals surface area contributed by atoms with Gasteiger partial charge in [0.25, 0.3) is 0 Å². The van der Waals surface area contributed by atoms with Gasteiger partial charge in [-0.3, -0.25) is 0 Å². The van der Waals surface area contributed by atoms with Crippen LogP contribution in [0.2, 0.25) is 0 Å². The quantitative estimate of drug-likeness (QED) is 0.427. The first-order valence-corrected chi connectivity index (χ1v) is 2.76. The minimum Gasteiger partial charge on any atom is -0.361 e. The van der Waals surface area contributed by atoms with E-state index < -0.39 is 6.08 Å². The van der Waals surface area contributed by atoms with Gasteiger partial charge in [0.1, 0.15) is 12.2 Å². The van der Waals surface area contributed by atoms with Gasteiger partial charge in [0.15, 0.2) is 0 Å². The molecule has 0 bridgehead atoms. The van der Waals surface area contributed by atoms with Crippen molar-refractivity contribution in [3.63, 3.8) is 0 Å². The minimum absolute atomic E-state index is 0.0440. The Morgan fingerprint density at radius 1 is 1.88 bits per heavy atom. The third-order valence-corrected chi connectivity index (χ3v) is 1.41. The van der Waals surface area contributed by atoms with Crippen LogP contribution >= 0.6 is 0 Å². The van der Waals surface area contributed by atoms with Crippen LogP contribution in [0.15, 0.2) is 23.8 Å². The molecule has 2 unspecified atom stereocenters. The molecular weight excluding hydrogens is 100 g/mol. The zero-order chi connectivity index (χ0) is 6.48. The van der Waals surface area contributed by atoms with E-state index in [4.69, 9.17) is 6.11 Å². The van der Waals surface area contributed by atoms with Crippen LogP contribution in [-0.2, 0) is 4.74 Å². The van der Waals surface area contributed by atoms with Crippen LogP contribution in [0, 0.1) is 0 Å². The Bertz CT molecular complexity index is 207. The lowest BCUT2D eigenvalue weighted by Crippen LogP contribution is -1.90. The molecule has 0 N–H and O–H groups in total. The average molecular weight is 109 g/mol. The van der Waals surface area contributed by atoms with Crippen LogP contribution in [0.4, 0.5) is 0 Å². The largest absolute Gasteiger partial charge is 0.361 e. The summed E-state index contributed by atoms with van der Waals surface area (Å²) >= 11 is 0. The molecule has 2 rings (SSSR count). The van der Waals surface area contributed by atoms with Gasteiger partial charge in [-0.2, -0.15) is 0 Å². The van der Waals surface area contributed by atoms with E-state index in [2.05, 4.69) is 0 Å². The van der Waals surface area contributed by atoms with Crippen LogP contribution in [0.5, 0.6) is 0 Å². The summed E-state index contributed by atoms with van der Waals surface area (Å²) in [4.78, 5) is 0. The van der Waals surface area contributed by atoms with Gasteiger partial charge in [-0.25, -0.2) is 0 Å². The Balaban J connectivity index is 2.31. The molecule has 0 spiro atoms. The topological polar surface area (TPSA) is 12.5 Å². The van der Waals surface area contributed by atoms with Crippen LogP contribution in [-0.4, -0.2) is 12.2 Å². The third-order valence-electron chi connectivity index (χ3n) is 1.41. The molecule has 1 fully saturated rings. The maximum atomic E-state index is 7.44. The summed E-state index contributed by atoms with van der Waals surface area (Å²) in [6.07, 6.45) is 5.07. The van der Waals surface area contributed by atoms with Gasteiger partial charge in [0.05, 0.1) is 1.37 Å². The Kier molecular flexibility index (Phi) is 0.533. The Morgan fingerprint density at radius 3 is 3.38 bits per heavy atom. The molecule has 1 nitrogen and oxygen atoms in total. The number of hydrogen-bond acceptors (Lipinski definition) is 1. The summed E-state index contributed by atoms with van der Waals surface area (Å²) in [7, 11) is 0. The fourth-order valence-electron chi connectivity index (χ4n) is 0.871. The van der Waals surface area contributed by atoms with E-state index in [1.165, 1.54) is 5.57 Å². The Hall–Kier alpha value is -0.560. The number of rotatable bonds is 0. The van der Waals surface area contributed by atoms with E-state index in [0.717, 1.165) is 0 Å². The zero-order valence-electron chi connectivity index (χ0n) is 5.72. The van der Waals surface area contributed by atoms with Crippen molar-refractivity contribution in [3.8, 4) is 0 Å². The van der Waals surface area contributed by atoms with E-state index >= 15 is 0 Å². The molecule has 1 heterocycles. The van der Waals surface area contributed by atoms with Crippen LogP contribution in [0.25, 0.3) is 0 Å². The molecule has 2 atom stereocenters. The maximum absolute atomic E-state index is 7.44. The third kappa shape index (κ3) is 0.514. The summed E-state index contributed by atoms with van der Waals surface area (Å²) in [5, 5.41) is 0. The summed E-state index contributed by atoms with van der Waals surface area (Å²) in [5.41, 5.74) is 1.19. The van der Waals surface area contributed by atoms with Gasteiger partial charge >= 0.3 is 0 Å². The second kappa shape index (κ2) is 1.23. The van der Waals surface area contributed by atoms with Crippen molar-refractivity contribution in [3.05, 3.63) is 23.8 Å². The molecule has 0 radical (unpaired) electrons. The van der Waals surface area contributed by atoms with Gasteiger partial charge in [-0.1, -0.05) is 23.8 Å². The normalized spacial score (nSPS) is 51.9. The monoisotopic (exact) mass is 109 g/mol. The van der Waals surface area contributed by atoms with Gasteiger partial charge in [0.2, 0.25) is 0 Å². The molecule has 0 saturated carbocycles. The van der Waals surface area contributed by atoms with Crippen molar-refractivity contribution in [2.24, 2.45) is 0 Å². The Labute approximate surface area is 50.1 Å². The molecule has 42 valence electrons. The number of allylic oxidation sites excluding steroid dienone is 2. The van der Waals surface area contributed by atoms with Crippen LogP contribution in [0.1, 0.15) is 8.29 Å². The summed E-state index contributed by atoms with van der Waals surface area (Å²) in [5.74, 6) is 0. The van der Waals surface area contributed by atoms with E-state index in [-0.39, 0.29) is 6.10 Å². The Morgan fingerprint density at radius 2 is 2.75 bits per heavy atom. The van der Waals surface area contributed by atoms with E-state index in [0.29, 0.717) is 0 Å². The number of ether oxygens (including phenoxy) is 1. The number of fused-ring (bicyclic) bond motifs is 1. The van der Waals surface area contributed by atoms with Crippen molar-refractivity contribution < 1.29 is 6.11 Å². The smallest absolute Gasteiger partial charge is 0.107 e. The highest BCUT2D eigenvalue weighted by Gasteiger charge is 2.35. The van der Waals surface area contributed by atoms with E-state index in [9.17, 15) is 0 Å². The first-order chi connectivity index (χ1) is 4.21.